The number of benzene rings is 1. The van der Waals surface area contributed by atoms with Crippen molar-refractivity contribution in [1.82, 2.24) is 10.2 Å². The number of piperidine rings is 1. The van der Waals surface area contributed by atoms with E-state index in [1.807, 2.05) is 26.1 Å². The maximum Gasteiger partial charge on any atom is 0.229 e. The molecule has 0 bridgehead atoms. The second-order valence-corrected chi connectivity index (χ2v) is 6.03. The number of carbonyl (C=O) groups is 1. The smallest absolute Gasteiger partial charge is 0.229 e. The van der Waals surface area contributed by atoms with Gasteiger partial charge in [-0.1, -0.05) is 25.1 Å². The van der Waals surface area contributed by atoms with Gasteiger partial charge >= 0.3 is 0 Å². The summed E-state index contributed by atoms with van der Waals surface area (Å²) in [7, 11) is 1.85. The number of nitrogens with zero attached hydrogens (tertiary/aromatic N) is 1. The molecule has 1 amide bonds. The highest BCUT2D eigenvalue weighted by Crippen LogP contribution is 2.37. The molecule has 1 aliphatic rings. The van der Waals surface area contributed by atoms with Gasteiger partial charge in [0.05, 0.1) is 11.5 Å². The summed E-state index contributed by atoms with van der Waals surface area (Å²) in [5.41, 5.74) is 0.548. The molecule has 1 aromatic rings. The molecule has 2 N–H and O–H groups in total. The van der Waals surface area contributed by atoms with Crippen LogP contribution in [0.25, 0.3) is 0 Å². The maximum absolute atomic E-state index is 13.0. The standard InChI is InChI=1S/C17H26N2O2/c1-4-17(9-11-18-12-10-17)16(21)19(3)13(2)14-7-5-6-8-15(14)20/h5-8,13,18,20H,4,9-12H2,1-3H3. The van der Waals surface area contributed by atoms with Gasteiger partial charge in [0.1, 0.15) is 5.75 Å². The predicted molar refractivity (Wildman–Crippen MR) is 84.1 cm³/mol. The van der Waals surface area contributed by atoms with E-state index < -0.39 is 0 Å². The molecule has 1 aliphatic heterocycles. The van der Waals surface area contributed by atoms with Crippen molar-refractivity contribution >= 4 is 5.91 Å². The lowest BCUT2D eigenvalue weighted by atomic mass is 9.75. The molecule has 1 aromatic carbocycles. The predicted octanol–water partition coefficient (Wildman–Crippen LogP) is 2.69. The van der Waals surface area contributed by atoms with E-state index in [-0.39, 0.29) is 23.1 Å². The van der Waals surface area contributed by atoms with Crippen molar-refractivity contribution in [3.8, 4) is 5.75 Å². The summed E-state index contributed by atoms with van der Waals surface area (Å²) >= 11 is 0. The third-order valence-electron chi connectivity index (χ3n) is 4.98. The van der Waals surface area contributed by atoms with E-state index in [1.165, 1.54) is 0 Å². The molecule has 1 fully saturated rings. The fourth-order valence-corrected chi connectivity index (χ4v) is 3.22. The van der Waals surface area contributed by atoms with E-state index in [1.54, 1.807) is 17.0 Å². The summed E-state index contributed by atoms with van der Waals surface area (Å²) in [5, 5.41) is 13.3. The number of hydrogen-bond acceptors (Lipinski definition) is 3. The number of aromatic hydroxyl groups is 1. The van der Waals surface area contributed by atoms with Crippen molar-refractivity contribution in [3.05, 3.63) is 29.8 Å². The Labute approximate surface area is 127 Å². The van der Waals surface area contributed by atoms with Crippen LogP contribution >= 0.6 is 0 Å². The Bertz CT molecular complexity index is 495. The Balaban J connectivity index is 2.20. The topological polar surface area (TPSA) is 52.6 Å². The fraction of sp³-hybridized carbons (Fsp3) is 0.588. The lowest BCUT2D eigenvalue weighted by Gasteiger charge is -2.40. The second kappa shape index (κ2) is 6.48. The Morgan fingerprint density at radius 1 is 1.38 bits per heavy atom. The molecular weight excluding hydrogens is 264 g/mol. The third kappa shape index (κ3) is 3.05. The molecule has 116 valence electrons. The first-order valence-electron chi connectivity index (χ1n) is 7.77. The zero-order valence-electron chi connectivity index (χ0n) is 13.2. The number of para-hydroxylation sites is 1. The van der Waals surface area contributed by atoms with Crippen LogP contribution in [0.2, 0.25) is 0 Å². The molecular formula is C17H26N2O2. The summed E-state index contributed by atoms with van der Waals surface area (Å²) in [5.74, 6) is 0.447. The zero-order chi connectivity index (χ0) is 15.5. The molecule has 0 aromatic heterocycles. The minimum absolute atomic E-state index is 0.128. The molecule has 1 atom stereocenters. The number of rotatable bonds is 4. The average molecular weight is 290 g/mol. The molecule has 1 heterocycles. The largest absolute Gasteiger partial charge is 0.508 e. The Morgan fingerprint density at radius 3 is 2.57 bits per heavy atom. The number of hydrogen-bond donors (Lipinski definition) is 2. The van der Waals surface area contributed by atoms with Gasteiger partial charge in [0.25, 0.3) is 0 Å². The minimum atomic E-state index is -0.251. The van der Waals surface area contributed by atoms with Crippen LogP contribution < -0.4 is 5.32 Å². The Kier molecular flexibility index (Phi) is 4.88. The van der Waals surface area contributed by atoms with Gasteiger partial charge in [0.2, 0.25) is 5.91 Å². The molecule has 4 heteroatoms. The van der Waals surface area contributed by atoms with Crippen LogP contribution in [0.1, 0.15) is 44.7 Å². The normalized spacial score (nSPS) is 19.0. The molecule has 4 nitrogen and oxygen atoms in total. The Hall–Kier alpha value is -1.55. The quantitative estimate of drug-likeness (QED) is 0.896. The van der Waals surface area contributed by atoms with E-state index in [0.29, 0.717) is 0 Å². The summed E-state index contributed by atoms with van der Waals surface area (Å²) in [6, 6.07) is 7.12. The van der Waals surface area contributed by atoms with Crippen molar-refractivity contribution in [2.24, 2.45) is 5.41 Å². The van der Waals surface area contributed by atoms with Gasteiger partial charge < -0.3 is 15.3 Å². The summed E-state index contributed by atoms with van der Waals surface area (Å²) in [6.45, 7) is 5.87. The van der Waals surface area contributed by atoms with Gasteiger partial charge in [-0.2, -0.15) is 0 Å². The van der Waals surface area contributed by atoms with E-state index in [4.69, 9.17) is 0 Å². The highest BCUT2D eigenvalue weighted by atomic mass is 16.3. The van der Waals surface area contributed by atoms with Crippen LogP contribution in [0.15, 0.2) is 24.3 Å². The SMILES string of the molecule is CCC1(C(=O)N(C)C(C)c2ccccc2O)CCNCC1. The van der Waals surface area contributed by atoms with Crippen LogP contribution in [0, 0.1) is 5.41 Å². The lowest BCUT2D eigenvalue weighted by Crippen LogP contribution is -2.48. The summed E-state index contributed by atoms with van der Waals surface area (Å²) in [4.78, 5) is 14.8. The second-order valence-electron chi connectivity index (χ2n) is 6.03. The monoisotopic (exact) mass is 290 g/mol. The molecule has 1 saturated heterocycles. The van der Waals surface area contributed by atoms with Crippen molar-refractivity contribution in [2.45, 2.75) is 39.2 Å². The number of amides is 1. The summed E-state index contributed by atoms with van der Waals surface area (Å²) < 4.78 is 0. The number of nitrogens with one attached hydrogen (secondary N) is 1. The molecule has 0 aliphatic carbocycles. The van der Waals surface area contributed by atoms with Crippen LogP contribution in [0.4, 0.5) is 0 Å². The molecule has 1 unspecified atom stereocenters. The highest BCUT2D eigenvalue weighted by molar-refractivity contribution is 5.83. The first-order chi connectivity index (χ1) is 10.0. The number of phenolic OH excluding ortho intramolecular Hbond substituents is 1. The van der Waals surface area contributed by atoms with Crippen LogP contribution in [0.3, 0.4) is 0 Å². The van der Waals surface area contributed by atoms with Crippen LogP contribution in [-0.4, -0.2) is 36.1 Å². The molecule has 0 saturated carbocycles. The van der Waals surface area contributed by atoms with Gasteiger partial charge in [0, 0.05) is 12.6 Å². The van der Waals surface area contributed by atoms with Crippen LogP contribution in [0.5, 0.6) is 5.75 Å². The van der Waals surface area contributed by atoms with E-state index in [2.05, 4.69) is 12.2 Å². The fourth-order valence-electron chi connectivity index (χ4n) is 3.22. The van der Waals surface area contributed by atoms with E-state index >= 15 is 0 Å². The Morgan fingerprint density at radius 2 is 2.00 bits per heavy atom. The molecule has 0 spiro atoms. The van der Waals surface area contributed by atoms with Crippen molar-refractivity contribution in [1.29, 1.82) is 0 Å². The molecule has 0 radical (unpaired) electrons. The number of carbonyl (C=O) groups excluding carboxylic acids is 1. The van der Waals surface area contributed by atoms with Crippen LogP contribution in [-0.2, 0) is 4.79 Å². The third-order valence-corrected chi connectivity index (χ3v) is 4.98. The maximum atomic E-state index is 13.0. The first kappa shape index (κ1) is 15.8. The van der Waals surface area contributed by atoms with E-state index in [9.17, 15) is 9.90 Å². The van der Waals surface area contributed by atoms with Crippen molar-refractivity contribution in [3.63, 3.8) is 0 Å². The van der Waals surface area contributed by atoms with E-state index in [0.717, 1.165) is 37.9 Å². The van der Waals surface area contributed by atoms with Gasteiger partial charge in [-0.25, -0.2) is 0 Å². The average Bonchev–Trinajstić information content (AvgIpc) is 2.54. The summed E-state index contributed by atoms with van der Waals surface area (Å²) in [6.07, 6.45) is 2.64. The van der Waals surface area contributed by atoms with Gasteiger partial charge in [-0.05, 0) is 45.3 Å². The first-order valence-corrected chi connectivity index (χ1v) is 7.77. The van der Waals surface area contributed by atoms with Gasteiger partial charge in [-0.3, -0.25) is 4.79 Å². The van der Waals surface area contributed by atoms with Gasteiger partial charge in [-0.15, -0.1) is 0 Å². The van der Waals surface area contributed by atoms with Crippen molar-refractivity contribution < 1.29 is 9.90 Å². The van der Waals surface area contributed by atoms with Crippen molar-refractivity contribution in [2.75, 3.05) is 20.1 Å². The zero-order valence-corrected chi connectivity index (χ0v) is 13.2. The number of phenols is 1. The molecule has 21 heavy (non-hydrogen) atoms. The minimum Gasteiger partial charge on any atom is -0.508 e. The molecule has 2 rings (SSSR count). The lowest BCUT2D eigenvalue weighted by molar-refractivity contribution is -0.144. The van der Waals surface area contributed by atoms with Gasteiger partial charge in [0.15, 0.2) is 0 Å². The highest BCUT2D eigenvalue weighted by Gasteiger charge is 2.40.